The smallest absolute Gasteiger partial charge is 0.361 e. The molecule has 0 amide bonds. The van der Waals surface area contributed by atoms with E-state index in [4.69, 9.17) is 28.8 Å². The van der Waals surface area contributed by atoms with Crippen LogP contribution < -0.4 is 0 Å². The molecule has 1 unspecified atom stereocenters. The summed E-state index contributed by atoms with van der Waals surface area (Å²) in [5, 5.41) is 9.03. The van der Waals surface area contributed by atoms with Crippen LogP contribution in [0.25, 0.3) is 0 Å². The summed E-state index contributed by atoms with van der Waals surface area (Å²) in [6, 6.07) is 0. The quantitative estimate of drug-likeness (QED) is 0.283. The Labute approximate surface area is 145 Å². The number of aliphatic carboxylic acids is 1. The summed E-state index contributed by atoms with van der Waals surface area (Å²) in [5.74, 6) is -1.11. The first-order chi connectivity index (χ1) is 11.7. The van der Waals surface area contributed by atoms with E-state index in [-0.39, 0.29) is 6.61 Å². The van der Waals surface area contributed by atoms with Crippen LogP contribution in [-0.4, -0.2) is 70.2 Å². The Kier molecular flexibility index (Phi) is 18.0. The third kappa shape index (κ3) is 16.1. The zero-order valence-electron chi connectivity index (χ0n) is 15.2. The van der Waals surface area contributed by atoms with Gasteiger partial charge in [-0.15, -0.1) is 0 Å². The first-order valence-corrected chi connectivity index (χ1v) is 8.91. The van der Waals surface area contributed by atoms with Crippen molar-refractivity contribution in [3.8, 4) is 0 Å². The van der Waals surface area contributed by atoms with Crippen molar-refractivity contribution in [1.82, 2.24) is 0 Å². The predicted octanol–water partition coefficient (Wildman–Crippen LogP) is 2.47. The standard InChI is InChI=1S/C17H34O7/c1-3-5-6-7-8-9-23-17(16(18)19)24-15-14-22-13-12-21-11-10-20-4-2/h17H,3-15H2,1-2H3,(H,18,19). The summed E-state index contributed by atoms with van der Waals surface area (Å²) in [6.07, 6.45) is 4.21. The number of carbonyl (C=O) groups is 1. The molecule has 0 heterocycles. The largest absolute Gasteiger partial charge is 0.477 e. The molecule has 0 aromatic carbocycles. The van der Waals surface area contributed by atoms with E-state index in [1.54, 1.807) is 0 Å². The fraction of sp³-hybridized carbons (Fsp3) is 0.941. The van der Waals surface area contributed by atoms with Gasteiger partial charge in [-0.3, -0.25) is 0 Å². The summed E-state index contributed by atoms with van der Waals surface area (Å²) in [7, 11) is 0. The van der Waals surface area contributed by atoms with Gasteiger partial charge in [0.05, 0.1) is 46.2 Å². The van der Waals surface area contributed by atoms with Crippen LogP contribution in [0.5, 0.6) is 0 Å². The highest BCUT2D eigenvalue weighted by Gasteiger charge is 2.18. The Balaban J connectivity index is 3.46. The molecule has 0 saturated carbocycles. The fourth-order valence-corrected chi connectivity index (χ4v) is 1.88. The van der Waals surface area contributed by atoms with Gasteiger partial charge < -0.3 is 28.8 Å². The summed E-state index contributed by atoms with van der Waals surface area (Å²) >= 11 is 0. The lowest BCUT2D eigenvalue weighted by Crippen LogP contribution is -2.29. The maximum Gasteiger partial charge on any atom is 0.361 e. The van der Waals surface area contributed by atoms with Gasteiger partial charge in [0.25, 0.3) is 6.29 Å². The van der Waals surface area contributed by atoms with Crippen molar-refractivity contribution in [3.63, 3.8) is 0 Å². The topological polar surface area (TPSA) is 83.5 Å². The van der Waals surface area contributed by atoms with Crippen molar-refractivity contribution in [3.05, 3.63) is 0 Å². The maximum atomic E-state index is 11.0. The highest BCUT2D eigenvalue weighted by Crippen LogP contribution is 2.04. The Morgan fingerprint density at radius 1 is 0.750 bits per heavy atom. The van der Waals surface area contributed by atoms with Crippen LogP contribution in [0.2, 0.25) is 0 Å². The molecule has 144 valence electrons. The lowest BCUT2D eigenvalue weighted by molar-refractivity contribution is -0.192. The van der Waals surface area contributed by atoms with Gasteiger partial charge in [-0.2, -0.15) is 0 Å². The number of carboxylic acids is 1. The van der Waals surface area contributed by atoms with E-state index in [1.807, 2.05) is 6.92 Å². The summed E-state index contributed by atoms with van der Waals surface area (Å²) < 4.78 is 26.2. The first-order valence-electron chi connectivity index (χ1n) is 8.91. The monoisotopic (exact) mass is 350 g/mol. The highest BCUT2D eigenvalue weighted by atomic mass is 16.7. The van der Waals surface area contributed by atoms with E-state index in [2.05, 4.69) is 6.92 Å². The van der Waals surface area contributed by atoms with E-state index >= 15 is 0 Å². The van der Waals surface area contributed by atoms with Gasteiger partial charge in [0.1, 0.15) is 0 Å². The van der Waals surface area contributed by atoms with Crippen LogP contribution in [0.15, 0.2) is 0 Å². The zero-order chi connectivity index (χ0) is 17.9. The van der Waals surface area contributed by atoms with Gasteiger partial charge in [-0.05, 0) is 13.3 Å². The van der Waals surface area contributed by atoms with Gasteiger partial charge >= 0.3 is 5.97 Å². The van der Waals surface area contributed by atoms with Crippen molar-refractivity contribution >= 4 is 5.97 Å². The molecule has 7 heteroatoms. The first kappa shape index (κ1) is 23.3. The van der Waals surface area contributed by atoms with Crippen LogP contribution in [0.1, 0.15) is 46.0 Å². The number of hydrogen-bond acceptors (Lipinski definition) is 6. The van der Waals surface area contributed by atoms with E-state index < -0.39 is 12.3 Å². The van der Waals surface area contributed by atoms with Crippen LogP contribution in [0.4, 0.5) is 0 Å². The minimum absolute atomic E-state index is 0.172. The summed E-state index contributed by atoms with van der Waals surface area (Å²) in [6.45, 7) is 7.68. The molecule has 1 atom stereocenters. The lowest BCUT2D eigenvalue weighted by Gasteiger charge is -2.14. The molecular weight excluding hydrogens is 316 g/mol. The SMILES string of the molecule is CCCCCCCOC(OCCOCCOCCOCC)C(=O)O. The summed E-state index contributed by atoms with van der Waals surface area (Å²) in [4.78, 5) is 11.0. The number of unbranched alkanes of at least 4 members (excludes halogenated alkanes) is 4. The second kappa shape index (κ2) is 18.6. The molecule has 0 rings (SSSR count). The highest BCUT2D eigenvalue weighted by molar-refractivity contribution is 5.70. The van der Waals surface area contributed by atoms with Crippen molar-refractivity contribution in [2.24, 2.45) is 0 Å². The molecule has 7 nitrogen and oxygen atoms in total. The van der Waals surface area contributed by atoms with Crippen molar-refractivity contribution < 1.29 is 33.6 Å². The Morgan fingerprint density at radius 2 is 1.29 bits per heavy atom. The second-order valence-corrected chi connectivity index (χ2v) is 5.25. The molecule has 0 bridgehead atoms. The van der Waals surface area contributed by atoms with E-state index in [0.717, 1.165) is 19.3 Å². The molecule has 0 aliphatic heterocycles. The molecule has 24 heavy (non-hydrogen) atoms. The molecule has 0 aromatic rings. The van der Waals surface area contributed by atoms with Crippen LogP contribution >= 0.6 is 0 Å². The molecule has 0 spiro atoms. The molecule has 0 radical (unpaired) electrons. The number of ether oxygens (including phenoxy) is 5. The number of carboxylic acid groups (broad SMARTS) is 1. The molecule has 1 N–H and O–H groups in total. The molecule has 0 aliphatic carbocycles. The Hall–Kier alpha value is -0.730. The van der Waals surface area contributed by atoms with E-state index in [0.29, 0.717) is 46.2 Å². The molecular formula is C17H34O7. The lowest BCUT2D eigenvalue weighted by atomic mass is 10.2. The zero-order valence-corrected chi connectivity index (χ0v) is 15.2. The van der Waals surface area contributed by atoms with Gasteiger partial charge in [-0.1, -0.05) is 32.6 Å². The van der Waals surface area contributed by atoms with Crippen LogP contribution in [0, 0.1) is 0 Å². The van der Waals surface area contributed by atoms with E-state index in [9.17, 15) is 4.79 Å². The Morgan fingerprint density at radius 3 is 1.88 bits per heavy atom. The van der Waals surface area contributed by atoms with Crippen LogP contribution in [-0.2, 0) is 28.5 Å². The van der Waals surface area contributed by atoms with Gasteiger partial charge in [0, 0.05) is 6.61 Å². The molecule has 0 aliphatic rings. The molecule has 0 saturated heterocycles. The van der Waals surface area contributed by atoms with Crippen molar-refractivity contribution in [1.29, 1.82) is 0 Å². The van der Waals surface area contributed by atoms with Crippen LogP contribution in [0.3, 0.4) is 0 Å². The Bertz CT molecular complexity index is 274. The second-order valence-electron chi connectivity index (χ2n) is 5.25. The van der Waals surface area contributed by atoms with Gasteiger partial charge in [-0.25, -0.2) is 4.79 Å². The summed E-state index contributed by atoms with van der Waals surface area (Å²) in [5.41, 5.74) is 0. The minimum Gasteiger partial charge on any atom is -0.477 e. The van der Waals surface area contributed by atoms with E-state index in [1.165, 1.54) is 12.8 Å². The number of rotatable bonds is 19. The van der Waals surface area contributed by atoms with Gasteiger partial charge in [0.15, 0.2) is 0 Å². The van der Waals surface area contributed by atoms with Crippen molar-refractivity contribution in [2.45, 2.75) is 52.2 Å². The van der Waals surface area contributed by atoms with Gasteiger partial charge in [0.2, 0.25) is 0 Å². The fourth-order valence-electron chi connectivity index (χ4n) is 1.88. The molecule has 0 fully saturated rings. The number of hydrogen-bond donors (Lipinski definition) is 1. The average Bonchev–Trinajstić information content (AvgIpc) is 2.57. The molecule has 0 aromatic heterocycles. The van der Waals surface area contributed by atoms with Crippen molar-refractivity contribution in [2.75, 3.05) is 52.9 Å². The average molecular weight is 350 g/mol. The maximum absolute atomic E-state index is 11.0. The predicted molar refractivity (Wildman–Crippen MR) is 90.2 cm³/mol. The third-order valence-corrected chi connectivity index (χ3v) is 3.16. The minimum atomic E-state index is -1.22. The third-order valence-electron chi connectivity index (χ3n) is 3.16. The normalized spacial score (nSPS) is 12.4.